The SMILES string of the molecule is O=C1c2cccc3c4ccccc4n(c23)C(=O)C1Cl. The van der Waals surface area contributed by atoms with Crippen molar-refractivity contribution < 1.29 is 9.59 Å². The van der Waals surface area contributed by atoms with E-state index in [1.807, 2.05) is 36.4 Å². The van der Waals surface area contributed by atoms with Gasteiger partial charge in [-0.25, -0.2) is 0 Å². The molecule has 1 atom stereocenters. The van der Waals surface area contributed by atoms with Gasteiger partial charge in [0, 0.05) is 16.3 Å². The Bertz CT molecular complexity index is 878. The summed E-state index contributed by atoms with van der Waals surface area (Å²) in [6, 6.07) is 13.1. The van der Waals surface area contributed by atoms with Gasteiger partial charge in [-0.3, -0.25) is 14.2 Å². The number of Topliss-reactive ketones (excluding diaryl/α,β-unsaturated/α-hetero) is 1. The van der Waals surface area contributed by atoms with E-state index in [1.165, 1.54) is 0 Å². The number of carbonyl (C=O) groups is 2. The summed E-state index contributed by atoms with van der Waals surface area (Å²) < 4.78 is 1.57. The average Bonchev–Trinajstić information content (AvgIpc) is 2.78. The van der Waals surface area contributed by atoms with Crippen LogP contribution in [0.25, 0.3) is 21.8 Å². The molecule has 92 valence electrons. The Labute approximate surface area is 113 Å². The van der Waals surface area contributed by atoms with Crippen LogP contribution in [0.1, 0.15) is 15.2 Å². The van der Waals surface area contributed by atoms with E-state index in [4.69, 9.17) is 11.6 Å². The monoisotopic (exact) mass is 269 g/mol. The van der Waals surface area contributed by atoms with Gasteiger partial charge in [0.15, 0.2) is 11.2 Å². The Morgan fingerprint density at radius 3 is 2.53 bits per heavy atom. The Morgan fingerprint density at radius 2 is 1.68 bits per heavy atom. The molecule has 0 amide bonds. The number of ketones is 1. The third kappa shape index (κ3) is 1.18. The van der Waals surface area contributed by atoms with Crippen LogP contribution in [0.3, 0.4) is 0 Å². The van der Waals surface area contributed by atoms with Crippen molar-refractivity contribution in [1.29, 1.82) is 0 Å². The Morgan fingerprint density at radius 1 is 0.947 bits per heavy atom. The second-order valence-electron chi connectivity index (χ2n) is 4.62. The number of aromatic nitrogens is 1. The van der Waals surface area contributed by atoms with Crippen molar-refractivity contribution in [2.24, 2.45) is 0 Å². The first-order valence-corrected chi connectivity index (χ1v) is 6.38. The van der Waals surface area contributed by atoms with Crippen molar-refractivity contribution in [2.45, 2.75) is 5.38 Å². The van der Waals surface area contributed by atoms with Crippen molar-refractivity contribution in [3.8, 4) is 0 Å². The molecular weight excluding hydrogens is 262 g/mol. The van der Waals surface area contributed by atoms with Gasteiger partial charge in [-0.05, 0) is 12.1 Å². The molecule has 4 rings (SSSR count). The molecular formula is C15H8ClNO2. The molecule has 1 aliphatic heterocycles. The highest BCUT2D eigenvalue weighted by Gasteiger charge is 2.35. The minimum absolute atomic E-state index is 0.312. The minimum Gasteiger partial charge on any atom is -0.292 e. The minimum atomic E-state index is -1.13. The molecule has 3 aromatic rings. The van der Waals surface area contributed by atoms with Gasteiger partial charge in [-0.15, -0.1) is 11.6 Å². The molecule has 3 nitrogen and oxygen atoms in total. The van der Waals surface area contributed by atoms with Crippen LogP contribution in [0.15, 0.2) is 42.5 Å². The first-order valence-electron chi connectivity index (χ1n) is 5.95. The van der Waals surface area contributed by atoms with Gasteiger partial charge in [-0.2, -0.15) is 0 Å². The van der Waals surface area contributed by atoms with Crippen molar-refractivity contribution in [1.82, 2.24) is 4.57 Å². The fourth-order valence-electron chi connectivity index (χ4n) is 2.81. The smallest absolute Gasteiger partial charge is 0.257 e. The molecule has 0 N–H and O–H groups in total. The highest BCUT2D eigenvalue weighted by Crippen LogP contribution is 2.35. The molecule has 1 unspecified atom stereocenters. The van der Waals surface area contributed by atoms with Gasteiger partial charge in [0.2, 0.25) is 0 Å². The van der Waals surface area contributed by atoms with Crippen LogP contribution in [-0.4, -0.2) is 21.6 Å². The van der Waals surface area contributed by atoms with E-state index < -0.39 is 5.38 Å². The first-order chi connectivity index (χ1) is 9.20. The molecule has 0 saturated carbocycles. The molecule has 0 spiro atoms. The lowest BCUT2D eigenvalue weighted by molar-refractivity contribution is 0.0846. The van der Waals surface area contributed by atoms with E-state index in [-0.39, 0.29) is 11.7 Å². The maximum absolute atomic E-state index is 12.3. The number of nitrogens with zero attached hydrogens (tertiary/aromatic N) is 1. The van der Waals surface area contributed by atoms with Gasteiger partial charge in [-0.1, -0.05) is 30.3 Å². The first kappa shape index (κ1) is 10.8. The van der Waals surface area contributed by atoms with Crippen LogP contribution < -0.4 is 0 Å². The van der Waals surface area contributed by atoms with Crippen molar-refractivity contribution in [2.75, 3.05) is 0 Å². The molecule has 0 aliphatic carbocycles. The Balaban J connectivity index is 2.35. The van der Waals surface area contributed by atoms with Crippen LogP contribution in [0.4, 0.5) is 0 Å². The predicted molar refractivity (Wildman–Crippen MR) is 74.0 cm³/mol. The number of para-hydroxylation sites is 2. The highest BCUT2D eigenvalue weighted by molar-refractivity contribution is 6.48. The van der Waals surface area contributed by atoms with Gasteiger partial charge >= 0.3 is 0 Å². The number of hydrogen-bond donors (Lipinski definition) is 0. The zero-order valence-corrected chi connectivity index (χ0v) is 10.5. The summed E-state index contributed by atoms with van der Waals surface area (Å²) in [4.78, 5) is 24.4. The van der Waals surface area contributed by atoms with E-state index in [0.717, 1.165) is 16.3 Å². The third-order valence-corrected chi connectivity index (χ3v) is 4.01. The summed E-state index contributed by atoms with van der Waals surface area (Å²) in [6.07, 6.45) is 0. The third-order valence-electron chi connectivity index (χ3n) is 3.63. The molecule has 0 radical (unpaired) electrons. The number of halogens is 1. The standard InChI is InChI=1S/C15H8ClNO2/c16-12-14(18)10-6-3-5-9-8-4-1-2-7-11(8)17(13(9)10)15(12)19/h1-7,12H. The second-order valence-corrected chi connectivity index (χ2v) is 5.06. The number of hydrogen-bond acceptors (Lipinski definition) is 2. The predicted octanol–water partition coefficient (Wildman–Crippen LogP) is 3.24. The molecule has 1 aromatic heterocycles. The number of alkyl halides is 1. The summed E-state index contributed by atoms with van der Waals surface area (Å²) >= 11 is 5.97. The van der Waals surface area contributed by atoms with E-state index in [0.29, 0.717) is 11.1 Å². The zero-order valence-electron chi connectivity index (χ0n) is 9.76. The van der Waals surface area contributed by atoms with Crippen LogP contribution in [0.2, 0.25) is 0 Å². The average molecular weight is 270 g/mol. The normalized spacial score (nSPS) is 18.5. The number of fused-ring (bicyclic) bond motifs is 3. The van der Waals surface area contributed by atoms with Gasteiger partial charge in [0.05, 0.1) is 11.0 Å². The summed E-state index contributed by atoms with van der Waals surface area (Å²) in [5.41, 5.74) is 2.00. The molecule has 0 saturated heterocycles. The lowest BCUT2D eigenvalue weighted by atomic mass is 10.0. The molecule has 4 heteroatoms. The Hall–Kier alpha value is -2.13. The quantitative estimate of drug-likeness (QED) is 0.464. The van der Waals surface area contributed by atoms with Crippen molar-refractivity contribution in [3.05, 3.63) is 48.0 Å². The lowest BCUT2D eigenvalue weighted by Gasteiger charge is -2.17. The topological polar surface area (TPSA) is 39.1 Å². The summed E-state index contributed by atoms with van der Waals surface area (Å²) in [7, 11) is 0. The van der Waals surface area contributed by atoms with Crippen LogP contribution in [-0.2, 0) is 0 Å². The largest absolute Gasteiger partial charge is 0.292 e. The molecule has 0 bridgehead atoms. The molecule has 2 aromatic carbocycles. The van der Waals surface area contributed by atoms with Crippen LogP contribution >= 0.6 is 11.6 Å². The van der Waals surface area contributed by atoms with E-state index in [2.05, 4.69) is 0 Å². The number of rotatable bonds is 0. The fraction of sp³-hybridized carbons (Fsp3) is 0.0667. The maximum Gasteiger partial charge on any atom is 0.257 e. The lowest BCUT2D eigenvalue weighted by Crippen LogP contribution is -2.34. The van der Waals surface area contributed by atoms with Crippen molar-refractivity contribution >= 4 is 45.1 Å². The molecule has 2 heterocycles. The van der Waals surface area contributed by atoms with Crippen LogP contribution in [0.5, 0.6) is 0 Å². The van der Waals surface area contributed by atoms with Crippen molar-refractivity contribution in [3.63, 3.8) is 0 Å². The summed E-state index contributed by atoms with van der Waals surface area (Å²) in [6.45, 7) is 0. The summed E-state index contributed by atoms with van der Waals surface area (Å²) in [5, 5.41) is 0.749. The van der Waals surface area contributed by atoms with E-state index >= 15 is 0 Å². The molecule has 19 heavy (non-hydrogen) atoms. The van der Waals surface area contributed by atoms with Gasteiger partial charge in [0.1, 0.15) is 0 Å². The number of carbonyl (C=O) groups excluding carboxylic acids is 2. The molecule has 0 fully saturated rings. The second kappa shape index (κ2) is 3.45. The van der Waals surface area contributed by atoms with Crippen LogP contribution in [0, 0.1) is 0 Å². The maximum atomic E-state index is 12.3. The van der Waals surface area contributed by atoms with E-state index in [9.17, 15) is 9.59 Å². The fourth-order valence-corrected chi connectivity index (χ4v) is 3.02. The van der Waals surface area contributed by atoms with Gasteiger partial charge < -0.3 is 0 Å². The highest BCUT2D eigenvalue weighted by atomic mass is 35.5. The van der Waals surface area contributed by atoms with E-state index in [1.54, 1.807) is 10.6 Å². The van der Waals surface area contributed by atoms with Gasteiger partial charge in [0.25, 0.3) is 5.91 Å². The summed E-state index contributed by atoms with van der Waals surface area (Å²) in [5.74, 6) is -0.677. The molecule has 1 aliphatic rings. The number of benzene rings is 2. The Kier molecular flexibility index (Phi) is 1.96. The zero-order chi connectivity index (χ0) is 13.1.